The molecule has 3 rings (SSSR count). The molecule has 1 saturated heterocycles. The summed E-state index contributed by atoms with van der Waals surface area (Å²) >= 11 is 1.42. The summed E-state index contributed by atoms with van der Waals surface area (Å²) in [5, 5.41) is 2.58. The maximum atomic E-state index is 14.6. The molecular formula is C22H29F2N3O5S. The van der Waals surface area contributed by atoms with Crippen molar-refractivity contribution in [3.63, 3.8) is 0 Å². The first-order valence-corrected chi connectivity index (χ1v) is 11.5. The Morgan fingerprint density at radius 2 is 2.00 bits per heavy atom. The summed E-state index contributed by atoms with van der Waals surface area (Å²) in [7, 11) is 0. The minimum absolute atomic E-state index is 0.0262. The second-order valence-corrected chi connectivity index (χ2v) is 9.39. The van der Waals surface area contributed by atoms with E-state index in [0.29, 0.717) is 24.5 Å². The number of rotatable bonds is 9. The SMILES string of the molecule is CC(C)(C)C(COC(N)=O)OCCOc1c(-c2csc(N3CCOCC3)n2)ccc(F)c1F. The summed E-state index contributed by atoms with van der Waals surface area (Å²) in [4.78, 5) is 17.6. The Labute approximate surface area is 195 Å². The predicted octanol–water partition coefficient (Wildman–Crippen LogP) is 3.83. The van der Waals surface area contributed by atoms with Crippen LogP contribution in [0.15, 0.2) is 17.5 Å². The number of amides is 1. The summed E-state index contributed by atoms with van der Waals surface area (Å²) in [6.07, 6.45) is -1.35. The molecule has 1 unspecified atom stereocenters. The molecule has 2 heterocycles. The van der Waals surface area contributed by atoms with Gasteiger partial charge in [0, 0.05) is 24.0 Å². The fourth-order valence-corrected chi connectivity index (χ4v) is 4.08. The van der Waals surface area contributed by atoms with Crippen molar-refractivity contribution in [2.24, 2.45) is 11.1 Å². The number of halogens is 2. The average Bonchev–Trinajstić information content (AvgIpc) is 3.25. The van der Waals surface area contributed by atoms with Gasteiger partial charge < -0.3 is 29.6 Å². The maximum Gasteiger partial charge on any atom is 0.404 e. The van der Waals surface area contributed by atoms with Crippen molar-refractivity contribution in [3.05, 3.63) is 29.1 Å². The molecule has 1 fully saturated rings. The first kappa shape index (κ1) is 25.1. The molecule has 1 aliphatic heterocycles. The molecule has 1 atom stereocenters. The number of primary amides is 1. The van der Waals surface area contributed by atoms with Crippen molar-refractivity contribution >= 4 is 22.6 Å². The van der Waals surface area contributed by atoms with E-state index in [4.69, 9.17) is 24.7 Å². The molecule has 0 radical (unpaired) electrons. The number of thiazole rings is 1. The van der Waals surface area contributed by atoms with Crippen LogP contribution in [0.4, 0.5) is 18.7 Å². The van der Waals surface area contributed by atoms with Crippen molar-refractivity contribution in [1.29, 1.82) is 0 Å². The van der Waals surface area contributed by atoms with E-state index in [0.717, 1.165) is 24.3 Å². The van der Waals surface area contributed by atoms with Gasteiger partial charge in [-0.3, -0.25) is 0 Å². The first-order chi connectivity index (χ1) is 15.7. The van der Waals surface area contributed by atoms with Gasteiger partial charge in [-0.05, 0) is 17.5 Å². The van der Waals surface area contributed by atoms with E-state index in [1.807, 2.05) is 20.8 Å². The van der Waals surface area contributed by atoms with Crippen LogP contribution in [0.2, 0.25) is 0 Å². The molecule has 1 aliphatic rings. The molecule has 2 N–H and O–H groups in total. The van der Waals surface area contributed by atoms with Gasteiger partial charge in [-0.15, -0.1) is 11.3 Å². The molecule has 1 aromatic heterocycles. The number of hydrogen-bond donors (Lipinski definition) is 1. The zero-order chi connectivity index (χ0) is 24.0. The van der Waals surface area contributed by atoms with Gasteiger partial charge in [0.05, 0.1) is 31.6 Å². The number of anilines is 1. The summed E-state index contributed by atoms with van der Waals surface area (Å²) in [5.41, 5.74) is 5.54. The number of ether oxygens (including phenoxy) is 4. The van der Waals surface area contributed by atoms with Crippen molar-refractivity contribution in [3.8, 4) is 17.0 Å². The van der Waals surface area contributed by atoms with Gasteiger partial charge in [0.2, 0.25) is 5.82 Å². The summed E-state index contributed by atoms with van der Waals surface area (Å²) in [5.74, 6) is -2.32. The third-order valence-electron chi connectivity index (χ3n) is 5.09. The number of hydrogen-bond acceptors (Lipinski definition) is 8. The minimum Gasteiger partial charge on any atom is -0.487 e. The van der Waals surface area contributed by atoms with Crippen molar-refractivity contribution in [2.45, 2.75) is 26.9 Å². The predicted molar refractivity (Wildman–Crippen MR) is 121 cm³/mol. The largest absolute Gasteiger partial charge is 0.487 e. The Hall–Kier alpha value is -2.50. The molecular weight excluding hydrogens is 456 g/mol. The second-order valence-electron chi connectivity index (χ2n) is 8.56. The van der Waals surface area contributed by atoms with Crippen LogP contribution in [-0.2, 0) is 14.2 Å². The van der Waals surface area contributed by atoms with Crippen LogP contribution in [0.25, 0.3) is 11.3 Å². The Morgan fingerprint density at radius 3 is 2.67 bits per heavy atom. The van der Waals surface area contributed by atoms with Crippen LogP contribution in [0.5, 0.6) is 5.75 Å². The quantitative estimate of drug-likeness (QED) is 0.539. The lowest BCUT2D eigenvalue weighted by Crippen LogP contribution is -2.36. The highest BCUT2D eigenvalue weighted by atomic mass is 32.1. The standard InChI is InChI=1S/C22H29F2N3O5S/c1-22(2,3)17(12-32-20(25)28)30-10-11-31-19-14(4-5-15(23)18(19)24)16-13-33-21(26-16)27-6-8-29-9-7-27/h4-5,13,17H,6-12H2,1-3H3,(H2,25,28). The summed E-state index contributed by atoms with van der Waals surface area (Å²) in [6, 6.07) is 2.50. The van der Waals surface area contributed by atoms with Crippen LogP contribution in [-0.4, -0.2) is 63.3 Å². The third-order valence-corrected chi connectivity index (χ3v) is 5.99. The monoisotopic (exact) mass is 485 g/mol. The van der Waals surface area contributed by atoms with Gasteiger partial charge >= 0.3 is 6.09 Å². The zero-order valence-corrected chi connectivity index (χ0v) is 19.8. The van der Waals surface area contributed by atoms with Gasteiger partial charge in [0.1, 0.15) is 13.2 Å². The summed E-state index contributed by atoms with van der Waals surface area (Å²) < 4.78 is 50.2. The van der Waals surface area contributed by atoms with Crippen molar-refractivity contribution in [2.75, 3.05) is 51.0 Å². The fourth-order valence-electron chi connectivity index (χ4n) is 3.20. The molecule has 0 aliphatic carbocycles. The third kappa shape index (κ3) is 6.75. The molecule has 0 bridgehead atoms. The number of nitrogens with two attached hydrogens (primary N) is 1. The van der Waals surface area contributed by atoms with Gasteiger partial charge in [0.15, 0.2) is 16.7 Å². The lowest BCUT2D eigenvalue weighted by molar-refractivity contribution is -0.0590. The zero-order valence-electron chi connectivity index (χ0n) is 18.9. The Kier molecular flexibility index (Phi) is 8.44. The van der Waals surface area contributed by atoms with E-state index in [1.54, 1.807) is 5.38 Å². The number of morpholine rings is 1. The van der Waals surface area contributed by atoms with Gasteiger partial charge in [-0.1, -0.05) is 20.8 Å². The Morgan fingerprint density at radius 1 is 1.27 bits per heavy atom. The first-order valence-electron chi connectivity index (χ1n) is 10.6. The van der Waals surface area contributed by atoms with E-state index < -0.39 is 23.8 Å². The number of carbonyl (C=O) groups excluding carboxylic acids is 1. The van der Waals surface area contributed by atoms with Crippen LogP contribution < -0.4 is 15.4 Å². The van der Waals surface area contributed by atoms with E-state index in [1.165, 1.54) is 17.4 Å². The van der Waals surface area contributed by atoms with Gasteiger partial charge in [-0.25, -0.2) is 14.2 Å². The lowest BCUT2D eigenvalue weighted by atomic mass is 9.89. The molecule has 33 heavy (non-hydrogen) atoms. The Balaban J connectivity index is 1.69. The maximum absolute atomic E-state index is 14.6. The van der Waals surface area contributed by atoms with Crippen LogP contribution in [0.1, 0.15) is 20.8 Å². The summed E-state index contributed by atoms with van der Waals surface area (Å²) in [6.45, 7) is 8.43. The number of nitrogens with zero attached hydrogens (tertiary/aromatic N) is 2. The minimum atomic E-state index is -1.09. The molecule has 2 aromatic rings. The van der Waals surface area contributed by atoms with Crippen LogP contribution in [0, 0.1) is 17.0 Å². The number of carbonyl (C=O) groups is 1. The Bertz CT molecular complexity index is 945. The smallest absolute Gasteiger partial charge is 0.404 e. The van der Waals surface area contributed by atoms with Gasteiger partial charge in [-0.2, -0.15) is 4.39 Å². The highest BCUT2D eigenvalue weighted by Gasteiger charge is 2.27. The van der Waals surface area contributed by atoms with Gasteiger partial charge in [0.25, 0.3) is 0 Å². The fraction of sp³-hybridized carbons (Fsp3) is 0.545. The normalized spacial score (nSPS) is 15.4. The number of benzene rings is 1. The number of aromatic nitrogens is 1. The molecule has 0 saturated carbocycles. The highest BCUT2D eigenvalue weighted by Crippen LogP contribution is 2.36. The highest BCUT2D eigenvalue weighted by molar-refractivity contribution is 7.14. The van der Waals surface area contributed by atoms with E-state index in [2.05, 4.69) is 9.88 Å². The van der Waals surface area contributed by atoms with Crippen LogP contribution in [0.3, 0.4) is 0 Å². The average molecular weight is 486 g/mol. The molecule has 8 nitrogen and oxygen atoms in total. The molecule has 182 valence electrons. The van der Waals surface area contributed by atoms with Crippen molar-refractivity contribution < 1.29 is 32.5 Å². The second kappa shape index (κ2) is 11.1. The van der Waals surface area contributed by atoms with E-state index >= 15 is 0 Å². The topological polar surface area (TPSA) is 96.1 Å². The molecule has 11 heteroatoms. The lowest BCUT2D eigenvalue weighted by Gasteiger charge is -2.30. The van der Waals surface area contributed by atoms with Crippen molar-refractivity contribution in [1.82, 2.24) is 4.98 Å². The van der Waals surface area contributed by atoms with E-state index in [-0.39, 0.29) is 31.0 Å². The molecule has 0 spiro atoms. The van der Waals surface area contributed by atoms with Crippen LogP contribution >= 0.6 is 11.3 Å². The van der Waals surface area contributed by atoms with E-state index in [9.17, 15) is 13.6 Å². The molecule has 1 amide bonds. The molecule has 1 aromatic carbocycles.